The summed E-state index contributed by atoms with van der Waals surface area (Å²) < 4.78 is 5.46. The molecule has 0 radical (unpaired) electrons. The maximum atomic E-state index is 13.0. The van der Waals surface area contributed by atoms with Crippen LogP contribution >= 0.6 is 11.8 Å². The molecule has 2 aromatic carbocycles. The van der Waals surface area contributed by atoms with E-state index in [0.29, 0.717) is 34.4 Å². The highest BCUT2D eigenvalue weighted by molar-refractivity contribution is 7.98. The molecule has 2 heterocycles. The highest BCUT2D eigenvalue weighted by atomic mass is 32.2. The number of ether oxygens (including phenoxy) is 1. The first kappa shape index (κ1) is 21.0. The van der Waals surface area contributed by atoms with Gasteiger partial charge in [0.15, 0.2) is 16.7 Å². The number of H-pyrrole nitrogens is 1. The van der Waals surface area contributed by atoms with Gasteiger partial charge in [0.05, 0.1) is 12.2 Å². The van der Waals surface area contributed by atoms with Crippen molar-refractivity contribution in [3.8, 4) is 11.5 Å². The number of nitrogens with zero attached hydrogens (tertiary/aromatic N) is 1. The van der Waals surface area contributed by atoms with E-state index in [0.717, 1.165) is 5.56 Å². The fraction of sp³-hybridized carbons (Fsp3) is 0.261. The van der Waals surface area contributed by atoms with Crippen LogP contribution in [0.3, 0.4) is 0 Å². The Bertz CT molecular complexity index is 1190. The van der Waals surface area contributed by atoms with Gasteiger partial charge in [-0.3, -0.25) is 9.59 Å². The molecule has 0 fully saturated rings. The van der Waals surface area contributed by atoms with Gasteiger partial charge in [-0.15, -0.1) is 0 Å². The molecule has 0 aliphatic carbocycles. The SMILES string of the molecule is CCOc1cc([C@@H]2CC(=O)Nc3nc(SCc4cccc(C)c4)[nH]c(=O)c32)ccc1O. The molecule has 0 unspecified atom stereocenters. The van der Waals surface area contributed by atoms with Crippen LogP contribution in [0.15, 0.2) is 52.4 Å². The van der Waals surface area contributed by atoms with Gasteiger partial charge in [-0.25, -0.2) is 4.98 Å². The number of carbonyl (C=O) groups is 1. The third-order valence-corrected chi connectivity index (χ3v) is 6.02. The van der Waals surface area contributed by atoms with Gasteiger partial charge in [0.25, 0.3) is 5.56 Å². The Morgan fingerprint density at radius 1 is 1.23 bits per heavy atom. The van der Waals surface area contributed by atoms with Crippen molar-refractivity contribution in [1.29, 1.82) is 0 Å². The molecule has 0 spiro atoms. The number of phenolic OH excluding ortho intramolecular Hbond substituents is 1. The number of phenols is 1. The number of anilines is 1. The zero-order chi connectivity index (χ0) is 22.0. The number of amides is 1. The molecule has 1 amide bonds. The second kappa shape index (κ2) is 8.85. The Morgan fingerprint density at radius 3 is 2.84 bits per heavy atom. The van der Waals surface area contributed by atoms with Crippen LogP contribution in [0, 0.1) is 6.92 Å². The van der Waals surface area contributed by atoms with Crippen LogP contribution < -0.4 is 15.6 Å². The molecule has 3 N–H and O–H groups in total. The molecular weight excluding hydrogens is 414 g/mol. The minimum atomic E-state index is -0.476. The van der Waals surface area contributed by atoms with E-state index >= 15 is 0 Å². The standard InChI is InChI=1S/C23H23N3O4S/c1-3-30-18-10-15(7-8-17(18)27)16-11-19(28)24-21-20(16)22(29)26-23(25-21)31-12-14-6-4-5-13(2)9-14/h4-10,16,27H,3,11-12H2,1-2H3,(H2,24,25,26,28,29)/t16-/m0/s1. The Morgan fingerprint density at radius 2 is 2.06 bits per heavy atom. The Labute approximate surface area is 183 Å². The number of aryl methyl sites for hydroxylation is 1. The first-order chi connectivity index (χ1) is 14.9. The number of aromatic nitrogens is 2. The minimum Gasteiger partial charge on any atom is -0.504 e. The summed E-state index contributed by atoms with van der Waals surface area (Å²) in [5, 5.41) is 13.2. The van der Waals surface area contributed by atoms with Gasteiger partial charge >= 0.3 is 0 Å². The van der Waals surface area contributed by atoms with Gasteiger partial charge < -0.3 is 20.1 Å². The van der Waals surface area contributed by atoms with Gasteiger partial charge in [-0.1, -0.05) is 47.7 Å². The Kier molecular flexibility index (Phi) is 5.99. The molecule has 4 rings (SSSR count). The van der Waals surface area contributed by atoms with E-state index in [1.165, 1.54) is 23.4 Å². The van der Waals surface area contributed by atoms with E-state index in [9.17, 15) is 14.7 Å². The summed E-state index contributed by atoms with van der Waals surface area (Å²) >= 11 is 1.41. The van der Waals surface area contributed by atoms with Gasteiger partial charge in [0, 0.05) is 18.1 Å². The third-order valence-electron chi connectivity index (χ3n) is 5.07. The molecule has 1 atom stereocenters. The molecule has 3 aromatic rings. The van der Waals surface area contributed by atoms with Crippen molar-refractivity contribution in [3.63, 3.8) is 0 Å². The first-order valence-corrected chi connectivity index (χ1v) is 11.0. The molecule has 160 valence electrons. The maximum absolute atomic E-state index is 13.0. The lowest BCUT2D eigenvalue weighted by Crippen LogP contribution is -2.31. The lowest BCUT2D eigenvalue weighted by Gasteiger charge is -2.25. The van der Waals surface area contributed by atoms with E-state index < -0.39 is 5.92 Å². The molecule has 7 nitrogen and oxygen atoms in total. The average molecular weight is 438 g/mol. The van der Waals surface area contributed by atoms with E-state index in [4.69, 9.17) is 4.74 Å². The predicted octanol–water partition coefficient (Wildman–Crippen LogP) is 3.95. The molecule has 1 aliphatic rings. The van der Waals surface area contributed by atoms with Crippen molar-refractivity contribution in [3.05, 3.63) is 75.1 Å². The number of rotatable bonds is 6. The molecule has 1 aliphatic heterocycles. The fourth-order valence-corrected chi connectivity index (χ4v) is 4.48. The van der Waals surface area contributed by atoms with Crippen molar-refractivity contribution in [2.75, 3.05) is 11.9 Å². The van der Waals surface area contributed by atoms with Crippen LogP contribution in [-0.4, -0.2) is 27.6 Å². The summed E-state index contributed by atoms with van der Waals surface area (Å²) in [7, 11) is 0. The normalized spacial score (nSPS) is 15.3. The van der Waals surface area contributed by atoms with E-state index in [2.05, 4.69) is 21.4 Å². The molecule has 31 heavy (non-hydrogen) atoms. The van der Waals surface area contributed by atoms with Gasteiger partial charge in [0.1, 0.15) is 5.82 Å². The molecular formula is C23H23N3O4S. The zero-order valence-electron chi connectivity index (χ0n) is 17.3. The second-order valence-corrected chi connectivity index (χ2v) is 8.34. The number of benzene rings is 2. The highest BCUT2D eigenvalue weighted by Gasteiger charge is 2.31. The average Bonchev–Trinajstić information content (AvgIpc) is 2.73. The molecule has 1 aromatic heterocycles. The van der Waals surface area contributed by atoms with Crippen molar-refractivity contribution in [2.24, 2.45) is 0 Å². The van der Waals surface area contributed by atoms with Crippen LogP contribution in [0.1, 0.15) is 41.5 Å². The van der Waals surface area contributed by atoms with Crippen molar-refractivity contribution >= 4 is 23.5 Å². The topological polar surface area (TPSA) is 104 Å². The number of hydrogen-bond donors (Lipinski definition) is 3. The van der Waals surface area contributed by atoms with Crippen molar-refractivity contribution in [2.45, 2.75) is 37.1 Å². The summed E-state index contributed by atoms with van der Waals surface area (Å²) in [4.78, 5) is 32.7. The van der Waals surface area contributed by atoms with Gasteiger partial charge in [-0.2, -0.15) is 0 Å². The van der Waals surface area contributed by atoms with E-state index in [1.807, 2.05) is 32.0 Å². The number of hydrogen-bond acceptors (Lipinski definition) is 6. The first-order valence-electron chi connectivity index (χ1n) is 10.0. The number of aromatic amines is 1. The third kappa shape index (κ3) is 4.59. The quantitative estimate of drug-likeness (QED) is 0.398. The summed E-state index contributed by atoms with van der Waals surface area (Å²) in [5.74, 6) is 0.578. The molecule has 0 saturated heterocycles. The monoisotopic (exact) mass is 437 g/mol. The predicted molar refractivity (Wildman–Crippen MR) is 120 cm³/mol. The summed E-state index contributed by atoms with van der Waals surface area (Å²) in [6, 6.07) is 13.0. The minimum absolute atomic E-state index is 0.0148. The number of carbonyl (C=O) groups excluding carboxylic acids is 1. The molecule has 8 heteroatoms. The van der Waals surface area contributed by atoms with Crippen LogP contribution in [-0.2, 0) is 10.5 Å². The molecule has 0 saturated carbocycles. The van der Waals surface area contributed by atoms with Crippen molar-refractivity contribution < 1.29 is 14.6 Å². The lowest BCUT2D eigenvalue weighted by molar-refractivity contribution is -0.116. The van der Waals surface area contributed by atoms with Crippen LogP contribution in [0.4, 0.5) is 5.82 Å². The summed E-state index contributed by atoms with van der Waals surface area (Å²) in [6.07, 6.45) is 0.115. The largest absolute Gasteiger partial charge is 0.504 e. The lowest BCUT2D eigenvalue weighted by atomic mass is 9.86. The van der Waals surface area contributed by atoms with Gasteiger partial charge in [-0.05, 0) is 37.1 Å². The second-order valence-electron chi connectivity index (χ2n) is 7.38. The number of fused-ring (bicyclic) bond motifs is 1. The smallest absolute Gasteiger partial charge is 0.257 e. The Balaban J connectivity index is 1.66. The number of nitrogens with one attached hydrogen (secondary N) is 2. The van der Waals surface area contributed by atoms with Gasteiger partial charge in [0.2, 0.25) is 5.91 Å². The highest BCUT2D eigenvalue weighted by Crippen LogP contribution is 2.38. The van der Waals surface area contributed by atoms with E-state index in [-0.39, 0.29) is 29.5 Å². The maximum Gasteiger partial charge on any atom is 0.257 e. The summed E-state index contributed by atoms with van der Waals surface area (Å²) in [6.45, 7) is 4.24. The fourth-order valence-electron chi connectivity index (χ4n) is 3.68. The Hall–Kier alpha value is -3.26. The van der Waals surface area contributed by atoms with Crippen LogP contribution in [0.25, 0.3) is 0 Å². The number of thioether (sulfide) groups is 1. The van der Waals surface area contributed by atoms with Crippen LogP contribution in [0.2, 0.25) is 0 Å². The zero-order valence-corrected chi connectivity index (χ0v) is 18.1. The van der Waals surface area contributed by atoms with Crippen LogP contribution in [0.5, 0.6) is 11.5 Å². The van der Waals surface area contributed by atoms with E-state index in [1.54, 1.807) is 12.1 Å². The summed E-state index contributed by atoms with van der Waals surface area (Å²) in [5.41, 5.74) is 3.13. The van der Waals surface area contributed by atoms with Crippen molar-refractivity contribution in [1.82, 2.24) is 9.97 Å². The number of aromatic hydroxyl groups is 1. The molecule has 0 bridgehead atoms.